The molecule has 5 aromatic carbocycles. The quantitative estimate of drug-likeness (QED) is 0.00735. The summed E-state index contributed by atoms with van der Waals surface area (Å²) in [6.07, 6.45) is 0.845. The van der Waals surface area contributed by atoms with Crippen molar-refractivity contribution in [3.05, 3.63) is 223 Å². The second-order valence-electron chi connectivity index (χ2n) is 29.1. The standard InChI is InChI=1S/C80H92N26O19/c1-42(107)90-54(27-13-14-32-86-70(117)63-43-17-3-8-22-48(43)91-49-23-9-4-18-44(49)63)65(112)87-35-30-60(108)92-55(29-16-34-89-76(84)85)66(113)97-59(37-103-36-31-61(109)101-77(103)122)74(121)102(2)41-62(110)93-56(38-104-71(118)45-19-5-10-24-50(45)98-78(104)123)67(114)95-58(40-106-73(120)47-21-7-12-26-52(47)100-80(106)125)69(116)96-57(68(115)94-53(64(81)111)28-15-33-88-75(82)83)39-105-72(119)46-20-6-11-25-51(46)99-79(105)124/h3-12,17-26,31,36,53-59H,13-16,27-30,32-35,37-41H2,1-2H3,(H2,81,111)(H,86,117)(H,87,112)(H,90,107)(H,92,108)(H,93,110)(H,94,115)(H,95,114)(H,96,116)(H,97,113)(H,98,123)(H,99,124)(H,100,125)(H4,82,83,88)(H4,84,85,89)(H,101,109,122)/t53-,54-,55-,56+,57+,58+,59+/m0/s1. The van der Waals surface area contributed by atoms with Gasteiger partial charge in [0, 0.05) is 69.6 Å². The van der Waals surface area contributed by atoms with Crippen molar-refractivity contribution in [1.82, 2.24) is 107 Å². The normalized spacial score (nSPS) is 12.8. The van der Waals surface area contributed by atoms with Gasteiger partial charge in [-0.3, -0.25) is 106 Å². The monoisotopic (exact) mass is 1720 g/mol. The minimum Gasteiger partial charge on any atom is -0.370 e. The zero-order valence-electron chi connectivity index (χ0n) is 67.4. The van der Waals surface area contributed by atoms with Crippen LogP contribution in [0.25, 0.3) is 54.5 Å². The van der Waals surface area contributed by atoms with E-state index in [1.165, 1.54) is 79.7 Å². The molecule has 0 unspecified atom stereocenters. The number of H-pyrrole nitrogens is 4. The Labute approximate surface area is 704 Å². The number of hydrogen-bond acceptors (Lipinski definition) is 22. The average molecular weight is 1720 g/mol. The van der Waals surface area contributed by atoms with Crippen LogP contribution >= 0.6 is 0 Å². The van der Waals surface area contributed by atoms with Crippen LogP contribution in [0.2, 0.25) is 0 Å². The molecule has 0 spiro atoms. The molecule has 0 aliphatic heterocycles. The Bertz CT molecular complexity index is 6310. The van der Waals surface area contributed by atoms with Crippen molar-refractivity contribution in [2.45, 2.75) is 127 Å². The SMILES string of the molecule is CC(=O)N[C@@H](CCCCNC(=O)c1c2ccccc2nc2ccccc12)C(=O)NCCC(=O)N[C@@H](CCCNC(=N)N)C(=O)N[C@H](Cn1ccc(=O)[nH]c1=O)C(=O)N(C)CC(=O)N[C@H](Cn1c(=O)[nH]c2ccccc2c1=O)C(=O)N[C@H](Cn1c(=O)[nH]c2ccccc2c1=O)C(=O)N[C@H](Cn1c(=O)[nH]c2ccccc2c1=O)C(=O)N[C@@H](CCCNC(=N)N)C(N)=O. The molecule has 656 valence electrons. The number of likely N-dealkylation sites (N-methyl/N-ethyl adjacent to an activating group) is 1. The largest absolute Gasteiger partial charge is 0.370 e. The number of guanidine groups is 2. The van der Waals surface area contributed by atoms with Crippen molar-refractivity contribution >= 4 is 131 Å². The Hall–Kier alpha value is -16.0. The number of nitrogens with two attached hydrogens (primary N) is 3. The first-order valence-electron chi connectivity index (χ1n) is 39.3. The fourth-order valence-corrected chi connectivity index (χ4v) is 13.7. The van der Waals surface area contributed by atoms with Crippen molar-refractivity contribution < 1.29 is 52.7 Å². The third-order valence-corrected chi connectivity index (χ3v) is 20.0. The smallest absolute Gasteiger partial charge is 0.328 e. The van der Waals surface area contributed by atoms with E-state index in [9.17, 15) is 81.5 Å². The van der Waals surface area contributed by atoms with E-state index in [-0.39, 0.29) is 96.9 Å². The van der Waals surface area contributed by atoms with Gasteiger partial charge in [0.15, 0.2) is 11.9 Å². The van der Waals surface area contributed by atoms with E-state index >= 15 is 9.59 Å². The number of nitrogens with one attached hydrogen (secondary N) is 17. The average Bonchev–Trinajstić information content (AvgIpc) is 0.808. The van der Waals surface area contributed by atoms with Crippen molar-refractivity contribution in [3.8, 4) is 0 Å². The lowest BCUT2D eigenvalue weighted by atomic mass is 10.0. The molecule has 45 nitrogen and oxygen atoms in total. The van der Waals surface area contributed by atoms with Crippen LogP contribution in [0.4, 0.5) is 0 Å². The molecule has 0 saturated carbocycles. The predicted molar refractivity (Wildman–Crippen MR) is 455 cm³/mol. The van der Waals surface area contributed by atoms with Gasteiger partial charge in [-0.25, -0.2) is 24.2 Å². The van der Waals surface area contributed by atoms with Crippen LogP contribution in [0.3, 0.4) is 0 Å². The van der Waals surface area contributed by atoms with Gasteiger partial charge in [-0.2, -0.15) is 0 Å². The molecule has 45 heteroatoms. The third kappa shape index (κ3) is 24.2. The van der Waals surface area contributed by atoms with Gasteiger partial charge in [-0.15, -0.1) is 0 Å². The van der Waals surface area contributed by atoms with E-state index in [1.54, 1.807) is 36.4 Å². The Morgan fingerprint density at radius 3 is 1.27 bits per heavy atom. The Kier molecular flexibility index (Phi) is 30.9. The summed E-state index contributed by atoms with van der Waals surface area (Å²) in [4.78, 5) is 281. The number of para-hydroxylation sites is 5. The number of pyridine rings is 1. The molecule has 0 radical (unpaired) electrons. The molecule has 0 bridgehead atoms. The highest BCUT2D eigenvalue weighted by atomic mass is 16.2. The summed E-state index contributed by atoms with van der Waals surface area (Å²) in [7, 11) is 1.01. The van der Waals surface area contributed by atoms with Crippen LogP contribution in [0.5, 0.6) is 0 Å². The molecular formula is C80H92N26O19. The summed E-state index contributed by atoms with van der Waals surface area (Å²) in [5.41, 5.74) is 9.83. The Balaban J connectivity index is 0.890. The molecule has 0 aliphatic carbocycles. The van der Waals surface area contributed by atoms with Gasteiger partial charge in [0.2, 0.25) is 59.1 Å². The number of primary amides is 1. The Morgan fingerprint density at radius 1 is 0.408 bits per heavy atom. The first-order chi connectivity index (χ1) is 59.7. The van der Waals surface area contributed by atoms with E-state index in [1.807, 2.05) is 17.1 Å². The van der Waals surface area contributed by atoms with Crippen molar-refractivity contribution in [1.29, 1.82) is 10.8 Å². The maximum Gasteiger partial charge on any atom is 0.328 e. The maximum atomic E-state index is 15.4. The number of aromatic nitrogens is 9. The van der Waals surface area contributed by atoms with E-state index < -0.39 is 197 Å². The summed E-state index contributed by atoms with van der Waals surface area (Å²) in [6, 6.07) is 19.3. The van der Waals surface area contributed by atoms with Gasteiger partial charge in [0.1, 0.15) is 42.3 Å². The summed E-state index contributed by atoms with van der Waals surface area (Å²) < 4.78 is 2.25. The summed E-state index contributed by atoms with van der Waals surface area (Å²) >= 11 is 0. The maximum absolute atomic E-state index is 15.4. The van der Waals surface area contributed by atoms with Crippen LogP contribution in [-0.4, -0.2) is 207 Å². The lowest BCUT2D eigenvalue weighted by molar-refractivity contribution is -0.140. The molecule has 23 N–H and O–H groups in total. The van der Waals surface area contributed by atoms with Gasteiger partial charge in [-0.05, 0) is 93.5 Å². The second-order valence-corrected chi connectivity index (χ2v) is 29.1. The fourth-order valence-electron chi connectivity index (χ4n) is 13.7. The van der Waals surface area contributed by atoms with E-state index in [2.05, 4.69) is 78.4 Å². The molecule has 7 atom stereocenters. The van der Waals surface area contributed by atoms with E-state index in [0.717, 1.165) is 23.9 Å². The topological polar surface area (TPSA) is 681 Å². The number of unbranched alkanes of at least 4 members (excludes halogenated alkanes) is 1. The van der Waals surface area contributed by atoms with Gasteiger partial charge < -0.3 is 95.5 Å². The van der Waals surface area contributed by atoms with Crippen LogP contribution in [0.15, 0.2) is 172 Å². The van der Waals surface area contributed by atoms with Crippen LogP contribution < -0.4 is 121 Å². The highest BCUT2D eigenvalue weighted by molar-refractivity contribution is 6.16. The summed E-state index contributed by atoms with van der Waals surface area (Å²) in [5.74, 6) is -12.4. The zero-order valence-corrected chi connectivity index (χ0v) is 67.4. The van der Waals surface area contributed by atoms with E-state index in [0.29, 0.717) is 58.8 Å². The number of carbonyl (C=O) groups is 11. The predicted octanol–water partition coefficient (Wildman–Crippen LogP) is -5.66. The zero-order chi connectivity index (χ0) is 90.3. The molecule has 10 aromatic rings. The van der Waals surface area contributed by atoms with Crippen molar-refractivity contribution in [2.24, 2.45) is 17.2 Å². The summed E-state index contributed by atoms with van der Waals surface area (Å²) in [5, 5.41) is 43.7. The molecule has 0 saturated heterocycles. The Morgan fingerprint density at radius 2 is 0.808 bits per heavy atom. The van der Waals surface area contributed by atoms with Crippen molar-refractivity contribution in [3.63, 3.8) is 0 Å². The highest BCUT2D eigenvalue weighted by Gasteiger charge is 2.36. The molecule has 11 amide bonds. The molecule has 0 aliphatic rings. The van der Waals surface area contributed by atoms with Crippen LogP contribution in [-0.2, 0) is 74.1 Å². The highest BCUT2D eigenvalue weighted by Crippen LogP contribution is 2.26. The van der Waals surface area contributed by atoms with Gasteiger partial charge in [-0.1, -0.05) is 72.8 Å². The van der Waals surface area contributed by atoms with Crippen LogP contribution in [0.1, 0.15) is 68.6 Å². The lowest BCUT2D eigenvalue weighted by Crippen LogP contribution is -2.62. The molecule has 0 fully saturated rings. The van der Waals surface area contributed by atoms with Crippen LogP contribution in [0, 0.1) is 10.8 Å². The second kappa shape index (κ2) is 42.3. The fraction of sp³-hybridized carbons (Fsp3) is 0.325. The van der Waals surface area contributed by atoms with Gasteiger partial charge in [0.05, 0.1) is 82.0 Å². The number of rotatable bonds is 41. The number of aromatic amines is 4. The lowest BCUT2D eigenvalue weighted by Gasteiger charge is -2.28. The van der Waals surface area contributed by atoms with Gasteiger partial charge >= 0.3 is 22.8 Å². The summed E-state index contributed by atoms with van der Waals surface area (Å²) in [6.45, 7) is -4.34. The number of hydrogen-bond donors (Lipinski definition) is 20. The number of benzene rings is 5. The first-order valence-corrected chi connectivity index (χ1v) is 39.3. The first kappa shape index (κ1) is 91.3. The number of amides is 11. The van der Waals surface area contributed by atoms with Crippen molar-refractivity contribution in [2.75, 3.05) is 39.8 Å². The molecular weight excluding hydrogens is 1630 g/mol. The van der Waals surface area contributed by atoms with Gasteiger partial charge in [0.25, 0.3) is 28.1 Å². The minimum atomic E-state index is -2.32. The molecule has 5 aromatic heterocycles. The van der Waals surface area contributed by atoms with E-state index in [4.69, 9.17) is 28.0 Å². The number of carbonyl (C=O) groups excluding carboxylic acids is 11. The molecule has 10 rings (SSSR count). The number of fused-ring (bicyclic) bond motifs is 5. The molecule has 5 heterocycles. The number of nitrogens with zero attached hydrogens (tertiary/aromatic N) is 6. The minimum absolute atomic E-state index is 0.00109. The third-order valence-electron chi connectivity index (χ3n) is 20.0. The molecule has 125 heavy (non-hydrogen) atoms.